The number of rotatable bonds is 0. The maximum atomic E-state index is 2.47. The number of fused-ring (bicyclic) bond motifs is 2. The smallest absolute Gasteiger partial charge is 0.0266 e. The molecule has 0 aromatic heterocycles. The van der Waals surface area contributed by atoms with Gasteiger partial charge >= 0.3 is 0 Å². The Balaban J connectivity index is 1.71. The van der Waals surface area contributed by atoms with Gasteiger partial charge in [0.2, 0.25) is 0 Å². The van der Waals surface area contributed by atoms with Gasteiger partial charge in [0.25, 0.3) is 0 Å². The summed E-state index contributed by atoms with van der Waals surface area (Å²) in [6, 6.07) is 9.68. The highest BCUT2D eigenvalue weighted by atomic mass is 127. The van der Waals surface area contributed by atoms with E-state index >= 15 is 0 Å². The third-order valence-corrected chi connectivity index (χ3v) is 10.4. The summed E-state index contributed by atoms with van der Waals surface area (Å²) in [4.78, 5) is 0. The molecule has 0 radical (unpaired) electrons. The second kappa shape index (κ2) is 5.72. The number of benzene rings is 2. The van der Waals surface area contributed by atoms with E-state index < -0.39 is 0 Å². The lowest BCUT2D eigenvalue weighted by atomic mass is 9.82. The second-order valence-corrected chi connectivity index (χ2v) is 10.9. The second-order valence-electron chi connectivity index (χ2n) is 6.28. The van der Waals surface area contributed by atoms with E-state index in [9.17, 15) is 0 Å². The third-order valence-electron chi connectivity index (χ3n) is 4.75. The fraction of sp³-hybridized carbons (Fsp3) is 0.294. The first-order valence-electron chi connectivity index (χ1n) is 6.89. The number of hydrogen-bond donors (Lipinski definition) is 0. The van der Waals surface area contributed by atoms with E-state index in [1.54, 1.807) is 22.3 Å². The summed E-state index contributed by atoms with van der Waals surface area (Å²) in [6.07, 6.45) is 5.04. The molecule has 4 heteroatoms. The molecule has 21 heavy (non-hydrogen) atoms. The van der Waals surface area contributed by atoms with Gasteiger partial charge in [-0.3, -0.25) is 0 Å². The predicted octanol–water partition coefficient (Wildman–Crippen LogP) is 5.99. The molecule has 2 aromatic carbocycles. The van der Waals surface area contributed by atoms with Crippen LogP contribution < -0.4 is 0 Å². The van der Waals surface area contributed by atoms with Crippen molar-refractivity contribution in [1.29, 1.82) is 0 Å². The van der Waals surface area contributed by atoms with Gasteiger partial charge in [-0.1, -0.05) is 0 Å². The maximum Gasteiger partial charge on any atom is 0.0266 e. The lowest BCUT2D eigenvalue weighted by Crippen LogP contribution is -2.21. The minimum atomic E-state index is 0.464. The molecular weight excluding hydrogens is 712 g/mol. The first-order chi connectivity index (χ1) is 9.96. The van der Waals surface area contributed by atoms with E-state index in [0.29, 0.717) is 5.41 Å². The Labute approximate surface area is 179 Å². The minimum Gasteiger partial charge on any atom is -0.0443 e. The molecule has 0 aliphatic heterocycles. The van der Waals surface area contributed by atoms with Crippen LogP contribution in [0, 0.1) is 19.7 Å². The Hall–Kier alpha value is 1.36. The van der Waals surface area contributed by atoms with E-state index in [4.69, 9.17) is 0 Å². The molecule has 2 aromatic rings. The normalized spacial score (nSPS) is 18.1. The van der Waals surface area contributed by atoms with Gasteiger partial charge in [-0.15, -0.1) is 0 Å². The molecular formula is C17H12I4. The van der Waals surface area contributed by atoms with Crippen molar-refractivity contribution >= 4 is 90.4 Å². The van der Waals surface area contributed by atoms with Gasteiger partial charge in [0, 0.05) is 14.3 Å². The van der Waals surface area contributed by atoms with Crippen LogP contribution in [0.4, 0.5) is 0 Å². The molecule has 1 spiro atoms. The largest absolute Gasteiger partial charge is 0.0443 e. The average molecular weight is 724 g/mol. The van der Waals surface area contributed by atoms with Crippen LogP contribution in [0.1, 0.15) is 22.3 Å². The highest BCUT2D eigenvalue weighted by molar-refractivity contribution is 14.1. The summed E-state index contributed by atoms with van der Waals surface area (Å²) in [7, 11) is 0. The Morgan fingerprint density at radius 2 is 0.762 bits per heavy atom. The van der Waals surface area contributed by atoms with Crippen LogP contribution in [-0.4, -0.2) is 0 Å². The SMILES string of the molecule is Ic1cc2c(cc1I)CC1(C2)Cc2cc(I)c(I)cc2C1. The van der Waals surface area contributed by atoms with Gasteiger partial charge in [0.1, 0.15) is 0 Å². The summed E-state index contributed by atoms with van der Waals surface area (Å²) in [5.74, 6) is 0. The molecule has 2 aliphatic rings. The Morgan fingerprint density at radius 1 is 0.524 bits per heavy atom. The van der Waals surface area contributed by atoms with Crippen LogP contribution in [-0.2, 0) is 25.7 Å². The van der Waals surface area contributed by atoms with E-state index in [0.717, 1.165) is 0 Å². The monoisotopic (exact) mass is 724 g/mol. The molecule has 0 nitrogen and oxygen atoms in total. The van der Waals surface area contributed by atoms with Crippen molar-refractivity contribution in [3.8, 4) is 0 Å². The van der Waals surface area contributed by atoms with E-state index in [1.165, 1.54) is 40.0 Å². The standard InChI is InChI=1S/C17H12I4/c18-13-1-9-5-17(6-10(9)2-14(13)19)7-11-3-15(20)16(21)4-12(11)8-17/h1-4H,5-8H2. The highest BCUT2D eigenvalue weighted by Gasteiger charge is 2.42. The van der Waals surface area contributed by atoms with Gasteiger partial charge in [0.05, 0.1) is 0 Å². The molecule has 108 valence electrons. The Bertz CT molecular complexity index is 633. The zero-order chi connectivity index (χ0) is 14.8. The van der Waals surface area contributed by atoms with Crippen molar-refractivity contribution in [1.82, 2.24) is 0 Å². The quantitative estimate of drug-likeness (QED) is 0.294. The first-order valence-corrected chi connectivity index (χ1v) is 11.2. The van der Waals surface area contributed by atoms with Crippen LogP contribution in [0.5, 0.6) is 0 Å². The highest BCUT2D eigenvalue weighted by Crippen LogP contribution is 2.48. The Morgan fingerprint density at radius 3 is 1.00 bits per heavy atom. The molecule has 4 rings (SSSR count). The molecule has 0 saturated carbocycles. The van der Waals surface area contributed by atoms with Gasteiger partial charge in [-0.05, 0) is 168 Å². The lowest BCUT2D eigenvalue weighted by molar-refractivity contribution is 0.326. The van der Waals surface area contributed by atoms with Gasteiger partial charge in [0.15, 0.2) is 0 Å². The predicted molar refractivity (Wildman–Crippen MR) is 121 cm³/mol. The fourth-order valence-electron chi connectivity index (χ4n) is 3.91. The van der Waals surface area contributed by atoms with Crippen molar-refractivity contribution in [3.05, 3.63) is 60.8 Å². The molecule has 0 N–H and O–H groups in total. The topological polar surface area (TPSA) is 0 Å². The molecule has 0 heterocycles. The van der Waals surface area contributed by atoms with Crippen LogP contribution in [0.15, 0.2) is 24.3 Å². The molecule has 0 fully saturated rings. The van der Waals surface area contributed by atoms with Crippen LogP contribution >= 0.6 is 90.4 Å². The van der Waals surface area contributed by atoms with E-state index in [1.807, 2.05) is 0 Å². The summed E-state index contributed by atoms with van der Waals surface area (Å²) in [6.45, 7) is 0. The maximum absolute atomic E-state index is 2.47. The number of hydrogen-bond acceptors (Lipinski definition) is 0. The molecule has 0 atom stereocenters. The zero-order valence-electron chi connectivity index (χ0n) is 11.1. The van der Waals surface area contributed by atoms with Crippen molar-refractivity contribution in [2.24, 2.45) is 5.41 Å². The van der Waals surface area contributed by atoms with Gasteiger partial charge in [-0.2, -0.15) is 0 Å². The van der Waals surface area contributed by atoms with Crippen LogP contribution in [0.2, 0.25) is 0 Å². The zero-order valence-corrected chi connectivity index (χ0v) is 19.8. The Kier molecular flexibility index (Phi) is 4.32. The number of halogens is 4. The summed E-state index contributed by atoms with van der Waals surface area (Å²) in [5, 5.41) is 0. The minimum absolute atomic E-state index is 0.464. The van der Waals surface area contributed by atoms with Crippen LogP contribution in [0.3, 0.4) is 0 Å². The van der Waals surface area contributed by atoms with E-state index in [-0.39, 0.29) is 0 Å². The van der Waals surface area contributed by atoms with Crippen LogP contribution in [0.25, 0.3) is 0 Å². The van der Waals surface area contributed by atoms with Crippen molar-refractivity contribution in [3.63, 3.8) is 0 Å². The fourth-order valence-corrected chi connectivity index (χ4v) is 6.03. The summed E-state index contributed by atoms with van der Waals surface area (Å²) >= 11 is 9.87. The molecule has 2 aliphatic carbocycles. The van der Waals surface area contributed by atoms with Crippen molar-refractivity contribution < 1.29 is 0 Å². The first kappa shape index (κ1) is 15.9. The molecule has 0 unspecified atom stereocenters. The lowest BCUT2D eigenvalue weighted by Gasteiger charge is -2.21. The summed E-state index contributed by atoms with van der Waals surface area (Å²) < 4.78 is 5.62. The molecule has 0 bridgehead atoms. The molecule has 0 saturated heterocycles. The van der Waals surface area contributed by atoms with E-state index in [2.05, 4.69) is 115 Å². The van der Waals surface area contributed by atoms with Gasteiger partial charge in [-0.25, -0.2) is 0 Å². The molecule has 0 amide bonds. The van der Waals surface area contributed by atoms with Crippen molar-refractivity contribution in [2.45, 2.75) is 25.7 Å². The third kappa shape index (κ3) is 2.81. The summed E-state index contributed by atoms with van der Waals surface area (Å²) in [5.41, 5.74) is 6.84. The van der Waals surface area contributed by atoms with Crippen molar-refractivity contribution in [2.75, 3.05) is 0 Å². The average Bonchev–Trinajstić information content (AvgIpc) is 2.90. The van der Waals surface area contributed by atoms with Gasteiger partial charge < -0.3 is 0 Å².